The van der Waals surface area contributed by atoms with Crippen molar-refractivity contribution in [1.29, 1.82) is 0 Å². The van der Waals surface area contributed by atoms with E-state index in [1.807, 2.05) is 13.8 Å². The lowest BCUT2D eigenvalue weighted by Gasteiger charge is -2.13. The molecule has 4 N–H and O–H groups in total. The van der Waals surface area contributed by atoms with E-state index in [-0.39, 0.29) is 19.0 Å². The number of hydrogen-bond acceptors (Lipinski definition) is 4. The predicted molar refractivity (Wildman–Crippen MR) is 65.1 cm³/mol. The number of amides is 1. The summed E-state index contributed by atoms with van der Waals surface area (Å²) in [7, 11) is 0. The molecule has 0 aromatic carbocycles. The number of nitrogens with one attached hydrogen (secondary N) is 1. The van der Waals surface area contributed by atoms with Crippen LogP contribution in [0.15, 0.2) is 12.3 Å². The molecule has 1 unspecified atom stereocenters. The molecule has 0 aliphatic rings. The Morgan fingerprint density at radius 2 is 2.35 bits per heavy atom. The summed E-state index contributed by atoms with van der Waals surface area (Å²) in [4.78, 5) is 11.5. The van der Waals surface area contributed by atoms with Crippen LogP contribution in [0.1, 0.15) is 20.3 Å². The van der Waals surface area contributed by atoms with E-state index in [0.29, 0.717) is 18.2 Å². The van der Waals surface area contributed by atoms with Gasteiger partial charge in [0.25, 0.3) is 0 Å². The Morgan fingerprint density at radius 1 is 1.65 bits per heavy atom. The number of carbonyl (C=O) groups is 1. The number of anilines is 1. The molecule has 6 heteroatoms. The number of carbonyl (C=O) groups excluding carboxylic acids is 1. The van der Waals surface area contributed by atoms with Gasteiger partial charge in [0.2, 0.25) is 5.91 Å². The number of nitrogens with two attached hydrogens (primary N) is 1. The van der Waals surface area contributed by atoms with Crippen molar-refractivity contribution >= 4 is 11.7 Å². The number of aromatic nitrogens is 2. The largest absolute Gasteiger partial charge is 0.391 e. The van der Waals surface area contributed by atoms with Crippen LogP contribution in [-0.4, -0.2) is 33.4 Å². The van der Waals surface area contributed by atoms with Crippen molar-refractivity contribution < 1.29 is 9.90 Å². The topological polar surface area (TPSA) is 93.2 Å². The fourth-order valence-electron chi connectivity index (χ4n) is 1.53. The van der Waals surface area contributed by atoms with Gasteiger partial charge in [-0.1, -0.05) is 13.8 Å². The van der Waals surface area contributed by atoms with Crippen LogP contribution in [-0.2, 0) is 11.3 Å². The van der Waals surface area contributed by atoms with Gasteiger partial charge in [-0.25, -0.2) is 0 Å². The van der Waals surface area contributed by atoms with Crippen molar-refractivity contribution in [3.8, 4) is 0 Å². The molecular weight excluding hydrogens is 220 g/mol. The van der Waals surface area contributed by atoms with Crippen molar-refractivity contribution in [2.75, 3.05) is 12.3 Å². The van der Waals surface area contributed by atoms with E-state index >= 15 is 0 Å². The zero-order chi connectivity index (χ0) is 12.8. The van der Waals surface area contributed by atoms with E-state index in [9.17, 15) is 9.90 Å². The molecule has 1 heterocycles. The van der Waals surface area contributed by atoms with Crippen LogP contribution < -0.4 is 11.1 Å². The van der Waals surface area contributed by atoms with E-state index in [1.165, 1.54) is 4.68 Å². The van der Waals surface area contributed by atoms with Gasteiger partial charge in [-0.15, -0.1) is 0 Å². The Kier molecular flexibility index (Phi) is 4.96. The van der Waals surface area contributed by atoms with Gasteiger partial charge in [0.1, 0.15) is 12.4 Å². The quantitative estimate of drug-likeness (QED) is 0.652. The van der Waals surface area contributed by atoms with Gasteiger partial charge in [-0.2, -0.15) is 5.10 Å². The summed E-state index contributed by atoms with van der Waals surface area (Å²) in [6.45, 7) is 4.44. The summed E-state index contributed by atoms with van der Waals surface area (Å²) < 4.78 is 1.46. The highest BCUT2D eigenvalue weighted by molar-refractivity contribution is 5.75. The lowest BCUT2D eigenvalue weighted by molar-refractivity contribution is -0.122. The molecule has 0 bridgehead atoms. The number of aliphatic hydroxyl groups excluding tert-OH is 1. The molecule has 6 nitrogen and oxygen atoms in total. The first-order valence-corrected chi connectivity index (χ1v) is 5.71. The molecule has 0 saturated heterocycles. The minimum Gasteiger partial charge on any atom is -0.391 e. The van der Waals surface area contributed by atoms with Crippen molar-refractivity contribution in [3.63, 3.8) is 0 Å². The maximum absolute atomic E-state index is 11.5. The molecule has 0 spiro atoms. The molecular formula is C11H20N4O2. The molecule has 1 aromatic rings. The van der Waals surface area contributed by atoms with Crippen molar-refractivity contribution in [2.45, 2.75) is 32.9 Å². The first-order valence-electron chi connectivity index (χ1n) is 5.71. The zero-order valence-electron chi connectivity index (χ0n) is 10.3. The van der Waals surface area contributed by atoms with Crippen molar-refractivity contribution in [3.05, 3.63) is 12.3 Å². The third-order valence-electron chi connectivity index (χ3n) is 2.25. The summed E-state index contributed by atoms with van der Waals surface area (Å²) in [5.74, 6) is 0.612. The molecule has 0 fully saturated rings. The van der Waals surface area contributed by atoms with E-state index < -0.39 is 6.10 Å². The first kappa shape index (κ1) is 13.5. The standard InChI is InChI=1S/C11H20N4O2/c1-8(2)5-9(16)6-13-11(17)7-15-4-3-10(12)14-15/h3-4,8-9,16H,5-7H2,1-2H3,(H2,12,14)(H,13,17). The van der Waals surface area contributed by atoms with Crippen molar-refractivity contribution in [2.24, 2.45) is 5.92 Å². The molecule has 1 amide bonds. The van der Waals surface area contributed by atoms with Gasteiger partial charge in [0.05, 0.1) is 6.10 Å². The van der Waals surface area contributed by atoms with E-state index in [0.717, 1.165) is 0 Å². The van der Waals surface area contributed by atoms with E-state index in [1.54, 1.807) is 12.3 Å². The molecule has 0 aliphatic carbocycles. The second-order valence-electron chi connectivity index (χ2n) is 4.53. The van der Waals surface area contributed by atoms with Crippen LogP contribution in [0, 0.1) is 5.92 Å². The first-order chi connectivity index (χ1) is 7.97. The summed E-state index contributed by atoms with van der Waals surface area (Å²) in [5.41, 5.74) is 5.43. The number of nitrogens with zero attached hydrogens (tertiary/aromatic N) is 2. The normalized spacial score (nSPS) is 12.7. The number of aliphatic hydroxyl groups is 1. The molecule has 0 aliphatic heterocycles. The average Bonchev–Trinajstić information content (AvgIpc) is 2.60. The van der Waals surface area contributed by atoms with Crippen LogP contribution >= 0.6 is 0 Å². The Morgan fingerprint density at radius 3 is 2.88 bits per heavy atom. The molecule has 0 saturated carbocycles. The Balaban J connectivity index is 2.26. The van der Waals surface area contributed by atoms with Gasteiger partial charge in [-0.3, -0.25) is 9.48 Å². The molecule has 1 atom stereocenters. The lowest BCUT2D eigenvalue weighted by Crippen LogP contribution is -2.35. The minimum atomic E-state index is -0.498. The van der Waals surface area contributed by atoms with Crippen LogP contribution in [0.2, 0.25) is 0 Å². The second-order valence-corrected chi connectivity index (χ2v) is 4.53. The smallest absolute Gasteiger partial charge is 0.241 e. The maximum Gasteiger partial charge on any atom is 0.241 e. The van der Waals surface area contributed by atoms with Gasteiger partial charge >= 0.3 is 0 Å². The molecule has 17 heavy (non-hydrogen) atoms. The fraction of sp³-hybridized carbons (Fsp3) is 0.636. The monoisotopic (exact) mass is 240 g/mol. The minimum absolute atomic E-state index is 0.117. The zero-order valence-corrected chi connectivity index (χ0v) is 10.3. The number of rotatable bonds is 6. The fourth-order valence-corrected chi connectivity index (χ4v) is 1.53. The SMILES string of the molecule is CC(C)CC(O)CNC(=O)Cn1ccc(N)n1. The highest BCUT2D eigenvalue weighted by atomic mass is 16.3. The Bertz CT molecular complexity index is 362. The molecule has 1 aromatic heterocycles. The predicted octanol–water partition coefficient (Wildman–Crippen LogP) is -0.0115. The van der Waals surface area contributed by atoms with Crippen LogP contribution in [0.5, 0.6) is 0 Å². The molecule has 1 rings (SSSR count). The van der Waals surface area contributed by atoms with Gasteiger partial charge < -0.3 is 16.2 Å². The average molecular weight is 240 g/mol. The number of hydrogen-bond donors (Lipinski definition) is 3. The highest BCUT2D eigenvalue weighted by Crippen LogP contribution is 2.03. The van der Waals surface area contributed by atoms with Crippen LogP contribution in [0.25, 0.3) is 0 Å². The summed E-state index contributed by atoms with van der Waals surface area (Å²) in [5, 5.41) is 16.1. The van der Waals surface area contributed by atoms with Crippen molar-refractivity contribution in [1.82, 2.24) is 15.1 Å². The number of nitrogen functional groups attached to an aromatic ring is 1. The third-order valence-corrected chi connectivity index (χ3v) is 2.25. The Labute approximate surface area is 101 Å². The van der Waals surface area contributed by atoms with Crippen LogP contribution in [0.3, 0.4) is 0 Å². The molecule has 0 radical (unpaired) electrons. The summed E-state index contributed by atoms with van der Waals surface area (Å²) in [6.07, 6.45) is 1.82. The summed E-state index contributed by atoms with van der Waals surface area (Å²) >= 11 is 0. The van der Waals surface area contributed by atoms with Gasteiger partial charge in [0, 0.05) is 12.7 Å². The highest BCUT2D eigenvalue weighted by Gasteiger charge is 2.09. The van der Waals surface area contributed by atoms with E-state index in [4.69, 9.17) is 5.73 Å². The third kappa shape index (κ3) is 5.35. The van der Waals surface area contributed by atoms with Gasteiger partial charge in [0.15, 0.2) is 0 Å². The maximum atomic E-state index is 11.5. The lowest BCUT2D eigenvalue weighted by atomic mass is 10.1. The van der Waals surface area contributed by atoms with Crippen LogP contribution in [0.4, 0.5) is 5.82 Å². The van der Waals surface area contributed by atoms with E-state index in [2.05, 4.69) is 10.4 Å². The Hall–Kier alpha value is -1.56. The second kappa shape index (κ2) is 6.24. The molecule has 96 valence electrons. The summed E-state index contributed by atoms with van der Waals surface area (Å²) in [6, 6.07) is 1.63. The van der Waals surface area contributed by atoms with Gasteiger partial charge in [-0.05, 0) is 18.4 Å².